The van der Waals surface area contributed by atoms with Crippen LogP contribution in [0.15, 0.2) is 12.1 Å². The van der Waals surface area contributed by atoms with Gasteiger partial charge in [0.05, 0.1) is 15.2 Å². The first-order valence-corrected chi connectivity index (χ1v) is 10.6. The first-order valence-electron chi connectivity index (χ1n) is 9.80. The molecule has 2 aromatic rings. The highest BCUT2D eigenvalue weighted by molar-refractivity contribution is 7.18. The van der Waals surface area contributed by atoms with E-state index in [2.05, 4.69) is 53.7 Å². The second-order valence-electron chi connectivity index (χ2n) is 8.61. The van der Waals surface area contributed by atoms with Crippen LogP contribution in [0.2, 0.25) is 0 Å². The summed E-state index contributed by atoms with van der Waals surface area (Å²) in [6.07, 6.45) is 7.50. The maximum Gasteiger partial charge on any atom is 0.0997 e. The molecule has 24 heavy (non-hydrogen) atoms. The van der Waals surface area contributed by atoms with E-state index in [-0.39, 0.29) is 10.8 Å². The third kappa shape index (κ3) is 3.14. The number of thiazole rings is 1. The van der Waals surface area contributed by atoms with Gasteiger partial charge in [0.25, 0.3) is 0 Å². The van der Waals surface area contributed by atoms with E-state index in [9.17, 15) is 0 Å². The molecule has 1 heterocycles. The summed E-state index contributed by atoms with van der Waals surface area (Å²) in [7, 11) is 0. The number of aromatic nitrogens is 1. The average molecular weight is 344 g/mol. The lowest BCUT2D eigenvalue weighted by Gasteiger charge is -2.24. The zero-order valence-electron chi connectivity index (χ0n) is 16.3. The summed E-state index contributed by atoms with van der Waals surface area (Å²) in [5.74, 6) is 0.758. The molecule has 1 unspecified atom stereocenters. The Bertz CT molecular complexity index is 723. The molecule has 0 saturated heterocycles. The molecule has 1 aliphatic rings. The lowest BCUT2D eigenvalue weighted by molar-refractivity contribution is 0.412. The minimum Gasteiger partial charge on any atom is -0.240 e. The molecule has 0 N–H and O–H groups in total. The van der Waals surface area contributed by atoms with E-state index in [1.165, 1.54) is 64.9 Å². The molecule has 1 saturated carbocycles. The molecule has 0 radical (unpaired) electrons. The molecule has 0 aliphatic heterocycles. The first kappa shape index (κ1) is 17.9. The van der Waals surface area contributed by atoms with Gasteiger partial charge in [0, 0.05) is 5.41 Å². The zero-order chi connectivity index (χ0) is 17.5. The van der Waals surface area contributed by atoms with Crippen LogP contribution in [0.3, 0.4) is 0 Å². The number of nitrogens with zero attached hydrogens (tertiary/aromatic N) is 1. The van der Waals surface area contributed by atoms with Crippen LogP contribution in [0, 0.1) is 0 Å². The Labute approximate surface area is 151 Å². The minimum atomic E-state index is 0.236. The van der Waals surface area contributed by atoms with Crippen LogP contribution >= 0.6 is 11.3 Å². The summed E-state index contributed by atoms with van der Waals surface area (Å²) >= 11 is 1.96. The summed E-state index contributed by atoms with van der Waals surface area (Å²) in [6, 6.07) is 4.92. The zero-order valence-corrected chi connectivity index (χ0v) is 17.1. The molecule has 0 spiro atoms. The van der Waals surface area contributed by atoms with Gasteiger partial charge < -0.3 is 0 Å². The predicted molar refractivity (Wildman–Crippen MR) is 107 cm³/mol. The molecule has 2 heteroatoms. The van der Waals surface area contributed by atoms with Crippen LogP contribution in [-0.2, 0) is 10.8 Å². The monoisotopic (exact) mass is 343 g/mol. The molecule has 0 bridgehead atoms. The Kier molecular flexibility index (Phi) is 4.81. The lowest BCUT2D eigenvalue weighted by atomic mass is 9.81. The maximum absolute atomic E-state index is 5.20. The second-order valence-corrected chi connectivity index (χ2v) is 9.64. The van der Waals surface area contributed by atoms with Gasteiger partial charge >= 0.3 is 0 Å². The van der Waals surface area contributed by atoms with Crippen LogP contribution in [-0.4, -0.2) is 4.98 Å². The van der Waals surface area contributed by atoms with Gasteiger partial charge in [0.2, 0.25) is 0 Å². The van der Waals surface area contributed by atoms with Crippen molar-refractivity contribution in [3.8, 4) is 0 Å². The third-order valence-electron chi connectivity index (χ3n) is 6.31. The molecular formula is C22H33NS. The number of benzene rings is 1. The fourth-order valence-electron chi connectivity index (χ4n) is 3.60. The SMILES string of the molecule is CCCC(C)(CC)c1nc2c(C3CC3)cc(C(C)(C)CC)cc2s1. The molecule has 132 valence electrons. The molecule has 1 nitrogen and oxygen atoms in total. The highest BCUT2D eigenvalue weighted by atomic mass is 32.1. The lowest BCUT2D eigenvalue weighted by Crippen LogP contribution is -2.20. The van der Waals surface area contributed by atoms with Crippen LogP contribution in [0.25, 0.3) is 10.2 Å². The molecule has 1 aromatic carbocycles. The Morgan fingerprint density at radius 2 is 1.79 bits per heavy atom. The number of hydrogen-bond acceptors (Lipinski definition) is 2. The number of fused-ring (bicyclic) bond motifs is 1. The van der Waals surface area contributed by atoms with Crippen molar-refractivity contribution in [2.75, 3.05) is 0 Å². The maximum atomic E-state index is 5.20. The standard InChI is InChI=1S/C22H33NS/c1-7-12-22(6,9-3)20-23-19-17(15-10-11-15)13-16(14-18(19)24-20)21(4,5)8-2/h13-15H,7-12H2,1-6H3. The first-order chi connectivity index (χ1) is 11.3. The second kappa shape index (κ2) is 6.44. The molecule has 3 rings (SSSR count). The normalized spacial score (nSPS) is 18.1. The molecule has 1 aliphatic carbocycles. The van der Waals surface area contributed by atoms with Crippen molar-refractivity contribution in [3.63, 3.8) is 0 Å². The van der Waals surface area contributed by atoms with Gasteiger partial charge in [-0.3, -0.25) is 0 Å². The van der Waals surface area contributed by atoms with Gasteiger partial charge in [-0.2, -0.15) is 0 Å². The minimum absolute atomic E-state index is 0.236. The largest absolute Gasteiger partial charge is 0.240 e. The summed E-state index contributed by atoms with van der Waals surface area (Å²) in [6.45, 7) is 14.1. The van der Waals surface area contributed by atoms with Gasteiger partial charge in [0.1, 0.15) is 0 Å². The Balaban J connectivity index is 2.16. The topological polar surface area (TPSA) is 12.9 Å². The molecule has 1 aromatic heterocycles. The molecule has 1 atom stereocenters. The summed E-state index contributed by atoms with van der Waals surface area (Å²) in [5, 5.41) is 1.36. The fraction of sp³-hybridized carbons (Fsp3) is 0.682. The van der Waals surface area contributed by atoms with Crippen molar-refractivity contribution in [1.82, 2.24) is 4.98 Å². The van der Waals surface area contributed by atoms with Crippen LogP contribution in [0.1, 0.15) is 102 Å². The number of hydrogen-bond donors (Lipinski definition) is 0. The van der Waals surface area contributed by atoms with Crippen molar-refractivity contribution in [3.05, 3.63) is 28.3 Å². The van der Waals surface area contributed by atoms with Gasteiger partial charge in [-0.15, -0.1) is 11.3 Å². The highest BCUT2D eigenvalue weighted by Crippen LogP contribution is 2.47. The van der Waals surface area contributed by atoms with Crippen LogP contribution in [0.4, 0.5) is 0 Å². The molecular weight excluding hydrogens is 310 g/mol. The Morgan fingerprint density at radius 1 is 1.08 bits per heavy atom. The van der Waals surface area contributed by atoms with Crippen molar-refractivity contribution in [2.45, 2.75) is 96.8 Å². The van der Waals surface area contributed by atoms with E-state index in [0.29, 0.717) is 0 Å². The van der Waals surface area contributed by atoms with E-state index in [0.717, 1.165) is 5.92 Å². The van der Waals surface area contributed by atoms with E-state index in [4.69, 9.17) is 4.98 Å². The van der Waals surface area contributed by atoms with E-state index >= 15 is 0 Å². The summed E-state index contributed by atoms with van der Waals surface area (Å²) in [4.78, 5) is 5.20. The summed E-state index contributed by atoms with van der Waals surface area (Å²) in [5.41, 5.74) is 4.83. The fourth-order valence-corrected chi connectivity index (χ4v) is 4.88. The van der Waals surface area contributed by atoms with Gasteiger partial charge in [-0.05, 0) is 60.6 Å². The Morgan fingerprint density at radius 3 is 2.33 bits per heavy atom. The van der Waals surface area contributed by atoms with E-state index in [1.807, 2.05) is 11.3 Å². The van der Waals surface area contributed by atoms with E-state index < -0.39 is 0 Å². The molecule has 0 amide bonds. The van der Waals surface area contributed by atoms with Crippen LogP contribution < -0.4 is 0 Å². The number of rotatable bonds is 7. The van der Waals surface area contributed by atoms with E-state index in [1.54, 1.807) is 0 Å². The Hall–Kier alpha value is -0.890. The van der Waals surface area contributed by atoms with Crippen molar-refractivity contribution < 1.29 is 0 Å². The van der Waals surface area contributed by atoms with Crippen molar-refractivity contribution in [1.29, 1.82) is 0 Å². The van der Waals surface area contributed by atoms with Crippen molar-refractivity contribution in [2.24, 2.45) is 0 Å². The van der Waals surface area contributed by atoms with Crippen LogP contribution in [0.5, 0.6) is 0 Å². The van der Waals surface area contributed by atoms with Gasteiger partial charge in [-0.1, -0.05) is 54.0 Å². The van der Waals surface area contributed by atoms with Gasteiger partial charge in [0.15, 0.2) is 0 Å². The van der Waals surface area contributed by atoms with Crippen molar-refractivity contribution >= 4 is 21.6 Å². The molecule has 1 fully saturated rings. The smallest absolute Gasteiger partial charge is 0.0997 e. The highest BCUT2D eigenvalue weighted by Gasteiger charge is 2.32. The predicted octanol–water partition coefficient (Wildman–Crippen LogP) is 7.33. The third-order valence-corrected chi connectivity index (χ3v) is 7.61. The average Bonchev–Trinajstić information content (AvgIpc) is 3.31. The van der Waals surface area contributed by atoms with Gasteiger partial charge in [-0.25, -0.2) is 4.98 Å². The quantitative estimate of drug-likeness (QED) is 0.513. The summed E-state index contributed by atoms with van der Waals surface area (Å²) < 4.78 is 1.42.